The maximum absolute atomic E-state index is 12.2. The lowest BCUT2D eigenvalue weighted by Crippen LogP contribution is -2.41. The third-order valence-corrected chi connectivity index (χ3v) is 4.45. The van der Waals surface area contributed by atoms with Crippen LogP contribution in [0.1, 0.15) is 31.7 Å². The van der Waals surface area contributed by atoms with Crippen LogP contribution >= 0.6 is 0 Å². The van der Waals surface area contributed by atoms with Crippen LogP contribution in [0.3, 0.4) is 0 Å². The average Bonchev–Trinajstić information content (AvgIpc) is 2.43. The van der Waals surface area contributed by atoms with Crippen LogP contribution in [0, 0.1) is 6.92 Å². The fourth-order valence-electron chi connectivity index (χ4n) is 1.75. The van der Waals surface area contributed by atoms with Gasteiger partial charge in [-0.15, -0.1) is 0 Å². The molecule has 0 spiro atoms. The molecule has 6 heteroatoms. The summed E-state index contributed by atoms with van der Waals surface area (Å²) in [6.45, 7) is 3.85. The van der Waals surface area contributed by atoms with Gasteiger partial charge in [0, 0.05) is 0 Å². The summed E-state index contributed by atoms with van der Waals surface area (Å²) in [6, 6.07) is 5.63. The zero-order chi connectivity index (χ0) is 15.2. The standard InChI is InChI=1S/C14H21NO4S/c1-4-5-6-13(14(16)19-3)15-20(17,18)12-9-7-11(2)8-10-12/h7-10,13,15H,4-6H2,1-3H3/t13-/m0/s1. The zero-order valence-electron chi connectivity index (χ0n) is 12.0. The van der Waals surface area contributed by atoms with Crippen molar-refractivity contribution in [1.29, 1.82) is 0 Å². The van der Waals surface area contributed by atoms with Gasteiger partial charge in [0.25, 0.3) is 0 Å². The SMILES string of the molecule is CCCC[C@H](NS(=O)(=O)c1ccc(C)cc1)C(=O)OC. The Morgan fingerprint density at radius 1 is 1.30 bits per heavy atom. The topological polar surface area (TPSA) is 72.5 Å². The molecule has 0 aliphatic rings. The Morgan fingerprint density at radius 3 is 2.40 bits per heavy atom. The Labute approximate surface area is 120 Å². The smallest absolute Gasteiger partial charge is 0.323 e. The molecule has 20 heavy (non-hydrogen) atoms. The number of benzene rings is 1. The Morgan fingerprint density at radius 2 is 1.90 bits per heavy atom. The number of carbonyl (C=O) groups is 1. The first-order valence-electron chi connectivity index (χ1n) is 6.57. The second kappa shape index (κ2) is 7.40. The Kier molecular flexibility index (Phi) is 6.16. The van der Waals surface area contributed by atoms with Crippen molar-refractivity contribution in [3.05, 3.63) is 29.8 Å². The summed E-state index contributed by atoms with van der Waals surface area (Å²) in [5.41, 5.74) is 0.972. The molecule has 112 valence electrons. The van der Waals surface area contributed by atoms with Crippen LogP contribution in [0.5, 0.6) is 0 Å². The molecule has 5 nitrogen and oxygen atoms in total. The third kappa shape index (κ3) is 4.61. The molecule has 0 radical (unpaired) electrons. The minimum atomic E-state index is -3.71. The minimum absolute atomic E-state index is 0.147. The molecule has 0 fully saturated rings. The van der Waals surface area contributed by atoms with E-state index in [1.165, 1.54) is 19.2 Å². The monoisotopic (exact) mass is 299 g/mol. The third-order valence-electron chi connectivity index (χ3n) is 2.96. The van der Waals surface area contributed by atoms with Gasteiger partial charge in [-0.1, -0.05) is 37.5 Å². The number of unbranched alkanes of at least 4 members (excludes halogenated alkanes) is 1. The molecule has 0 aliphatic carbocycles. The van der Waals surface area contributed by atoms with Crippen LogP contribution in [0.4, 0.5) is 0 Å². The molecule has 0 heterocycles. The molecule has 0 saturated heterocycles. The summed E-state index contributed by atoms with van der Waals surface area (Å²) in [6.07, 6.45) is 2.05. The van der Waals surface area contributed by atoms with E-state index in [-0.39, 0.29) is 4.90 Å². The van der Waals surface area contributed by atoms with Gasteiger partial charge in [-0.05, 0) is 25.5 Å². The van der Waals surface area contributed by atoms with E-state index >= 15 is 0 Å². The van der Waals surface area contributed by atoms with Crippen LogP contribution in [-0.4, -0.2) is 27.5 Å². The van der Waals surface area contributed by atoms with Gasteiger partial charge in [0.15, 0.2) is 0 Å². The van der Waals surface area contributed by atoms with Crippen molar-refractivity contribution in [3.63, 3.8) is 0 Å². The molecule has 1 rings (SSSR count). The number of nitrogens with one attached hydrogen (secondary N) is 1. The second-order valence-corrected chi connectivity index (χ2v) is 6.37. The maximum atomic E-state index is 12.2. The van der Waals surface area contributed by atoms with E-state index in [0.717, 1.165) is 18.4 Å². The molecule has 0 amide bonds. The van der Waals surface area contributed by atoms with E-state index in [0.29, 0.717) is 6.42 Å². The Hall–Kier alpha value is -1.40. The molecule has 0 aliphatic heterocycles. The molecule has 0 unspecified atom stereocenters. The van der Waals surface area contributed by atoms with E-state index in [9.17, 15) is 13.2 Å². The normalized spacial score (nSPS) is 12.9. The van der Waals surface area contributed by atoms with Crippen molar-refractivity contribution >= 4 is 16.0 Å². The Balaban J connectivity index is 2.90. The van der Waals surface area contributed by atoms with Gasteiger partial charge in [-0.25, -0.2) is 8.42 Å². The van der Waals surface area contributed by atoms with E-state index < -0.39 is 22.0 Å². The van der Waals surface area contributed by atoms with Gasteiger partial charge in [0.1, 0.15) is 6.04 Å². The zero-order valence-corrected chi connectivity index (χ0v) is 12.9. The summed E-state index contributed by atoms with van der Waals surface area (Å²) >= 11 is 0. The Bertz CT molecular complexity index is 537. The van der Waals surface area contributed by atoms with E-state index in [1.807, 2.05) is 13.8 Å². The van der Waals surface area contributed by atoms with Crippen LogP contribution in [-0.2, 0) is 19.6 Å². The second-order valence-electron chi connectivity index (χ2n) is 4.65. The molecule has 0 saturated carbocycles. The number of rotatable bonds is 7. The van der Waals surface area contributed by atoms with Gasteiger partial charge < -0.3 is 4.74 Å². The van der Waals surface area contributed by atoms with Gasteiger partial charge in [0.05, 0.1) is 12.0 Å². The van der Waals surface area contributed by atoms with Crippen molar-refractivity contribution < 1.29 is 17.9 Å². The summed E-state index contributed by atoms with van der Waals surface area (Å²) in [5.74, 6) is -0.561. The largest absolute Gasteiger partial charge is 0.468 e. The highest BCUT2D eigenvalue weighted by atomic mass is 32.2. The molecule has 0 aromatic heterocycles. The fraction of sp³-hybridized carbons (Fsp3) is 0.500. The van der Waals surface area contributed by atoms with Crippen molar-refractivity contribution in [1.82, 2.24) is 4.72 Å². The van der Waals surface area contributed by atoms with Crippen molar-refractivity contribution in [3.8, 4) is 0 Å². The highest BCUT2D eigenvalue weighted by molar-refractivity contribution is 7.89. The summed E-state index contributed by atoms with van der Waals surface area (Å²) < 4.78 is 31.5. The minimum Gasteiger partial charge on any atom is -0.468 e. The van der Waals surface area contributed by atoms with Gasteiger partial charge in [-0.2, -0.15) is 4.72 Å². The van der Waals surface area contributed by atoms with E-state index in [4.69, 9.17) is 0 Å². The number of esters is 1. The van der Waals surface area contributed by atoms with Gasteiger partial charge >= 0.3 is 5.97 Å². The summed E-state index contributed by atoms with van der Waals surface area (Å²) in [4.78, 5) is 11.8. The first kappa shape index (κ1) is 16.7. The van der Waals surface area contributed by atoms with Crippen LogP contribution < -0.4 is 4.72 Å². The maximum Gasteiger partial charge on any atom is 0.323 e. The average molecular weight is 299 g/mol. The van der Waals surface area contributed by atoms with Crippen LogP contribution in [0.2, 0.25) is 0 Å². The number of sulfonamides is 1. The van der Waals surface area contributed by atoms with E-state index in [1.54, 1.807) is 12.1 Å². The summed E-state index contributed by atoms with van der Waals surface area (Å²) in [7, 11) is -2.46. The number of hydrogen-bond acceptors (Lipinski definition) is 4. The lowest BCUT2D eigenvalue weighted by atomic mass is 10.1. The predicted molar refractivity (Wildman–Crippen MR) is 76.8 cm³/mol. The lowest BCUT2D eigenvalue weighted by molar-refractivity contribution is -0.142. The molecular weight excluding hydrogens is 278 g/mol. The molecule has 1 aromatic rings. The van der Waals surface area contributed by atoms with Crippen LogP contribution in [0.15, 0.2) is 29.2 Å². The molecule has 1 aromatic carbocycles. The van der Waals surface area contributed by atoms with Crippen molar-refractivity contribution in [2.45, 2.75) is 44.0 Å². The number of carbonyl (C=O) groups excluding carboxylic acids is 1. The first-order chi connectivity index (χ1) is 9.40. The number of hydrogen-bond donors (Lipinski definition) is 1. The van der Waals surface area contributed by atoms with Gasteiger partial charge in [0.2, 0.25) is 10.0 Å². The lowest BCUT2D eigenvalue weighted by Gasteiger charge is -2.16. The van der Waals surface area contributed by atoms with E-state index in [2.05, 4.69) is 9.46 Å². The fourth-order valence-corrected chi connectivity index (χ4v) is 2.97. The quantitative estimate of drug-likeness (QED) is 0.782. The van der Waals surface area contributed by atoms with Gasteiger partial charge in [-0.3, -0.25) is 4.79 Å². The summed E-state index contributed by atoms with van der Waals surface area (Å²) in [5, 5.41) is 0. The van der Waals surface area contributed by atoms with Crippen molar-refractivity contribution in [2.24, 2.45) is 0 Å². The van der Waals surface area contributed by atoms with Crippen molar-refractivity contribution in [2.75, 3.05) is 7.11 Å². The molecule has 0 bridgehead atoms. The first-order valence-corrected chi connectivity index (χ1v) is 8.06. The highest BCUT2D eigenvalue weighted by Crippen LogP contribution is 2.12. The number of aryl methyl sites for hydroxylation is 1. The molecular formula is C14H21NO4S. The predicted octanol–water partition coefficient (Wildman–Crippen LogP) is 2.01. The number of methoxy groups -OCH3 is 1. The highest BCUT2D eigenvalue weighted by Gasteiger charge is 2.25. The molecule has 1 N–H and O–H groups in total. The van der Waals surface area contributed by atoms with Crippen LogP contribution in [0.25, 0.3) is 0 Å². The molecule has 1 atom stereocenters. The number of ether oxygens (including phenoxy) is 1.